The van der Waals surface area contributed by atoms with Crippen LogP contribution in [-0.4, -0.2) is 29.2 Å². The summed E-state index contributed by atoms with van der Waals surface area (Å²) >= 11 is 2.90. The van der Waals surface area contributed by atoms with Gasteiger partial charge in [0.25, 0.3) is 5.91 Å². The van der Waals surface area contributed by atoms with E-state index in [1.165, 1.54) is 28.7 Å². The second-order valence-electron chi connectivity index (χ2n) is 7.71. The van der Waals surface area contributed by atoms with Gasteiger partial charge in [0.05, 0.1) is 22.6 Å². The molecule has 4 aromatic rings. The SMILES string of the molecule is CCOc1ccc(C(=O)Nc2ccc3nc(SCC(=O)Nc4ccc(C)c(C)c4)sc3c2)cc1. The van der Waals surface area contributed by atoms with Crippen LogP contribution in [0.2, 0.25) is 0 Å². The fraction of sp³-hybridized carbons (Fsp3) is 0.192. The Kier molecular flexibility index (Phi) is 7.49. The van der Waals surface area contributed by atoms with E-state index < -0.39 is 0 Å². The van der Waals surface area contributed by atoms with Gasteiger partial charge in [0.2, 0.25) is 5.91 Å². The van der Waals surface area contributed by atoms with Gasteiger partial charge in [0.15, 0.2) is 4.34 Å². The minimum atomic E-state index is -0.190. The molecule has 4 rings (SSSR count). The number of nitrogens with one attached hydrogen (secondary N) is 2. The van der Waals surface area contributed by atoms with Crippen LogP contribution in [0.1, 0.15) is 28.4 Å². The third-order valence-electron chi connectivity index (χ3n) is 5.17. The third-order valence-corrected chi connectivity index (χ3v) is 7.33. The number of thiazole rings is 1. The van der Waals surface area contributed by atoms with Gasteiger partial charge in [-0.3, -0.25) is 9.59 Å². The molecule has 8 heteroatoms. The van der Waals surface area contributed by atoms with E-state index in [4.69, 9.17) is 4.74 Å². The van der Waals surface area contributed by atoms with Crippen LogP contribution in [0.5, 0.6) is 5.75 Å². The molecule has 0 saturated heterocycles. The predicted octanol–water partition coefficient (Wildman–Crippen LogP) is 6.29. The lowest BCUT2D eigenvalue weighted by molar-refractivity contribution is -0.113. The molecule has 0 aliphatic rings. The molecule has 1 heterocycles. The number of rotatable bonds is 8. The molecule has 0 radical (unpaired) electrons. The summed E-state index contributed by atoms with van der Waals surface area (Å²) in [6, 6.07) is 18.5. The Hall–Kier alpha value is -3.36. The number of aryl methyl sites for hydroxylation is 2. The molecule has 0 aliphatic heterocycles. The van der Waals surface area contributed by atoms with Crippen molar-refractivity contribution in [1.29, 1.82) is 0 Å². The third kappa shape index (κ3) is 5.95. The monoisotopic (exact) mass is 491 g/mol. The number of fused-ring (bicyclic) bond motifs is 1. The summed E-state index contributed by atoms with van der Waals surface area (Å²) in [7, 11) is 0. The van der Waals surface area contributed by atoms with E-state index in [-0.39, 0.29) is 17.6 Å². The molecule has 6 nitrogen and oxygen atoms in total. The van der Waals surface area contributed by atoms with Gasteiger partial charge in [-0.25, -0.2) is 4.98 Å². The summed E-state index contributed by atoms with van der Waals surface area (Å²) in [6.45, 7) is 6.56. The highest BCUT2D eigenvalue weighted by Crippen LogP contribution is 2.31. The quantitative estimate of drug-likeness (QED) is 0.283. The number of thioether (sulfide) groups is 1. The first-order valence-corrected chi connectivity index (χ1v) is 12.7. The number of nitrogens with zero attached hydrogens (tertiary/aromatic N) is 1. The first-order chi connectivity index (χ1) is 16.4. The van der Waals surface area contributed by atoms with Crippen LogP contribution in [0.3, 0.4) is 0 Å². The minimum absolute atomic E-state index is 0.0733. The van der Waals surface area contributed by atoms with Crippen molar-refractivity contribution in [3.8, 4) is 5.75 Å². The lowest BCUT2D eigenvalue weighted by atomic mass is 10.1. The van der Waals surface area contributed by atoms with Crippen molar-refractivity contribution >= 4 is 56.5 Å². The number of amides is 2. The number of carbonyl (C=O) groups is 2. The largest absolute Gasteiger partial charge is 0.494 e. The standard InChI is InChI=1S/C26H25N3O3S2/c1-4-32-21-10-6-18(7-11-21)25(31)28-20-9-12-22-23(14-20)34-26(29-22)33-15-24(30)27-19-8-5-16(2)17(3)13-19/h5-14H,4,15H2,1-3H3,(H,27,30)(H,28,31). The molecule has 0 unspecified atom stereocenters. The zero-order chi connectivity index (χ0) is 24.1. The van der Waals surface area contributed by atoms with Gasteiger partial charge in [0.1, 0.15) is 5.75 Å². The maximum atomic E-state index is 12.6. The zero-order valence-corrected chi connectivity index (χ0v) is 20.8. The Morgan fingerprint density at radius 3 is 2.41 bits per heavy atom. The van der Waals surface area contributed by atoms with Gasteiger partial charge >= 0.3 is 0 Å². The van der Waals surface area contributed by atoms with E-state index in [0.717, 1.165) is 31.6 Å². The number of hydrogen-bond acceptors (Lipinski definition) is 6. The van der Waals surface area contributed by atoms with E-state index in [2.05, 4.69) is 15.6 Å². The van der Waals surface area contributed by atoms with Crippen LogP contribution in [0.4, 0.5) is 11.4 Å². The first kappa shape index (κ1) is 23.8. The number of carbonyl (C=O) groups excluding carboxylic acids is 2. The van der Waals surface area contributed by atoms with Crippen LogP contribution in [0, 0.1) is 13.8 Å². The maximum absolute atomic E-state index is 12.6. The molecule has 0 saturated carbocycles. The molecule has 0 spiro atoms. The van der Waals surface area contributed by atoms with E-state index in [1.807, 2.05) is 57.2 Å². The summed E-state index contributed by atoms with van der Waals surface area (Å²) in [5.41, 5.74) is 5.21. The molecule has 0 bridgehead atoms. The van der Waals surface area contributed by atoms with Gasteiger partial charge in [-0.1, -0.05) is 17.8 Å². The Morgan fingerprint density at radius 2 is 1.68 bits per heavy atom. The van der Waals surface area contributed by atoms with Crippen LogP contribution >= 0.6 is 23.1 Å². The van der Waals surface area contributed by atoms with Crippen LogP contribution in [0.25, 0.3) is 10.2 Å². The molecule has 174 valence electrons. The normalized spacial score (nSPS) is 10.8. The summed E-state index contributed by atoms with van der Waals surface area (Å²) in [5, 5.41) is 5.86. The smallest absolute Gasteiger partial charge is 0.255 e. The van der Waals surface area contributed by atoms with Crippen LogP contribution in [-0.2, 0) is 4.79 Å². The average molecular weight is 492 g/mol. The average Bonchev–Trinajstić information content (AvgIpc) is 3.23. The minimum Gasteiger partial charge on any atom is -0.494 e. The summed E-state index contributed by atoms with van der Waals surface area (Å²) < 4.78 is 7.17. The second kappa shape index (κ2) is 10.7. The molecule has 0 atom stereocenters. The van der Waals surface area contributed by atoms with Gasteiger partial charge in [0, 0.05) is 16.9 Å². The van der Waals surface area contributed by atoms with Crippen molar-refractivity contribution in [3.63, 3.8) is 0 Å². The molecule has 0 fully saturated rings. The summed E-state index contributed by atoms with van der Waals surface area (Å²) in [5.74, 6) is 0.742. The number of hydrogen-bond donors (Lipinski definition) is 2. The zero-order valence-electron chi connectivity index (χ0n) is 19.2. The van der Waals surface area contributed by atoms with E-state index in [0.29, 0.717) is 17.9 Å². The Labute approximate surface area is 206 Å². The highest BCUT2D eigenvalue weighted by atomic mass is 32.2. The molecule has 2 N–H and O–H groups in total. The second-order valence-corrected chi connectivity index (χ2v) is 9.96. The molecule has 0 aliphatic carbocycles. The van der Waals surface area contributed by atoms with E-state index in [1.54, 1.807) is 24.3 Å². The molecule has 1 aromatic heterocycles. The van der Waals surface area contributed by atoms with Crippen molar-refractivity contribution in [2.24, 2.45) is 0 Å². The highest BCUT2D eigenvalue weighted by Gasteiger charge is 2.11. The van der Waals surface area contributed by atoms with Crippen molar-refractivity contribution in [3.05, 3.63) is 77.4 Å². The summed E-state index contributed by atoms with van der Waals surface area (Å²) in [6.07, 6.45) is 0. The van der Waals surface area contributed by atoms with E-state index in [9.17, 15) is 9.59 Å². The first-order valence-electron chi connectivity index (χ1n) is 10.9. The van der Waals surface area contributed by atoms with Gasteiger partial charge in [-0.05, 0) is 86.5 Å². The topological polar surface area (TPSA) is 80.3 Å². The Bertz CT molecular complexity index is 1330. The summed E-state index contributed by atoms with van der Waals surface area (Å²) in [4.78, 5) is 29.5. The number of anilines is 2. The number of benzene rings is 3. The fourth-order valence-corrected chi connectivity index (χ4v) is 5.17. The van der Waals surface area contributed by atoms with Crippen molar-refractivity contribution in [1.82, 2.24) is 4.98 Å². The Balaban J connectivity index is 1.36. The van der Waals surface area contributed by atoms with Crippen molar-refractivity contribution in [2.75, 3.05) is 23.0 Å². The van der Waals surface area contributed by atoms with Crippen LogP contribution in [0.15, 0.2) is 65.0 Å². The van der Waals surface area contributed by atoms with E-state index >= 15 is 0 Å². The van der Waals surface area contributed by atoms with Crippen molar-refractivity contribution in [2.45, 2.75) is 25.1 Å². The lowest BCUT2D eigenvalue weighted by Crippen LogP contribution is -2.14. The molecule has 2 amide bonds. The maximum Gasteiger partial charge on any atom is 0.255 e. The highest BCUT2D eigenvalue weighted by molar-refractivity contribution is 8.01. The number of ether oxygens (including phenoxy) is 1. The van der Waals surface area contributed by atoms with Crippen LogP contribution < -0.4 is 15.4 Å². The molecular formula is C26H25N3O3S2. The fourth-order valence-electron chi connectivity index (χ4n) is 3.26. The lowest BCUT2D eigenvalue weighted by Gasteiger charge is -2.07. The molecular weight excluding hydrogens is 466 g/mol. The predicted molar refractivity (Wildman–Crippen MR) is 140 cm³/mol. The van der Waals surface area contributed by atoms with Gasteiger partial charge < -0.3 is 15.4 Å². The molecule has 3 aromatic carbocycles. The molecule has 34 heavy (non-hydrogen) atoms. The van der Waals surface area contributed by atoms with Gasteiger partial charge in [-0.15, -0.1) is 11.3 Å². The van der Waals surface area contributed by atoms with Gasteiger partial charge in [-0.2, -0.15) is 0 Å². The number of aromatic nitrogens is 1. The van der Waals surface area contributed by atoms with Crippen molar-refractivity contribution < 1.29 is 14.3 Å². The Morgan fingerprint density at radius 1 is 0.941 bits per heavy atom.